The highest BCUT2D eigenvalue weighted by atomic mass is 16.3. The van der Waals surface area contributed by atoms with Crippen molar-refractivity contribution < 1.29 is 24.6 Å². The van der Waals surface area contributed by atoms with Gasteiger partial charge in [-0.05, 0) is 12.8 Å². The van der Waals surface area contributed by atoms with Gasteiger partial charge in [-0.15, -0.1) is 0 Å². The Balaban J connectivity index is 4.07. The maximum absolute atomic E-state index is 12.8. The van der Waals surface area contributed by atoms with E-state index in [-0.39, 0.29) is 12.8 Å². The highest BCUT2D eigenvalue weighted by Gasteiger charge is 2.31. The zero-order valence-corrected chi connectivity index (χ0v) is 27.1. The van der Waals surface area contributed by atoms with E-state index >= 15 is 0 Å². The number of nitrogens with zero attached hydrogens (tertiary/aromatic N) is 1. The highest BCUT2D eigenvalue weighted by Crippen LogP contribution is 2.16. The number of aliphatic hydroxyl groups excluding tert-OH is 2. The van der Waals surface area contributed by atoms with Gasteiger partial charge < -0.3 is 10.2 Å². The van der Waals surface area contributed by atoms with Crippen LogP contribution in [0, 0.1) is 0 Å². The quantitative estimate of drug-likeness (QED) is 0.0825. The minimum absolute atomic E-state index is 0.117. The summed E-state index contributed by atoms with van der Waals surface area (Å²) in [7, 11) is 0. The van der Waals surface area contributed by atoms with Crippen molar-refractivity contribution in [2.45, 2.75) is 200 Å². The van der Waals surface area contributed by atoms with Gasteiger partial charge in [-0.2, -0.15) is 0 Å². The van der Waals surface area contributed by atoms with Gasteiger partial charge in [-0.1, -0.05) is 168 Å². The van der Waals surface area contributed by atoms with E-state index in [1.165, 1.54) is 116 Å². The molecule has 242 valence electrons. The van der Waals surface area contributed by atoms with Crippen LogP contribution in [0.4, 0.5) is 0 Å². The first-order valence-corrected chi connectivity index (χ1v) is 17.7. The van der Waals surface area contributed by atoms with Gasteiger partial charge in [-0.25, -0.2) is 4.90 Å². The molecule has 0 bridgehead atoms. The zero-order valence-electron chi connectivity index (χ0n) is 27.1. The molecule has 0 aliphatic carbocycles. The van der Waals surface area contributed by atoms with Crippen LogP contribution in [-0.2, 0) is 14.4 Å². The van der Waals surface area contributed by atoms with Crippen LogP contribution >= 0.6 is 0 Å². The van der Waals surface area contributed by atoms with Gasteiger partial charge >= 0.3 is 0 Å². The first-order valence-electron chi connectivity index (χ1n) is 17.7. The lowest BCUT2D eigenvalue weighted by atomic mass is 10.0. The van der Waals surface area contributed by atoms with Crippen LogP contribution in [0.15, 0.2) is 0 Å². The molecule has 0 heterocycles. The third kappa shape index (κ3) is 23.9. The number of imide groups is 3. The molecule has 0 spiro atoms. The summed E-state index contributed by atoms with van der Waals surface area (Å²) in [5.74, 6) is -2.09. The largest absolute Gasteiger partial charge is 0.393 e. The summed E-state index contributed by atoms with van der Waals surface area (Å²) in [6, 6.07) is 0. The number of unbranched alkanes of at least 4 members (excludes halogenated alkanes) is 24. The third-order valence-electron chi connectivity index (χ3n) is 8.17. The topological polar surface area (TPSA) is 94.9 Å². The summed E-state index contributed by atoms with van der Waals surface area (Å²) in [4.78, 5) is 38.7. The number of aliphatic hydroxyl groups is 2. The van der Waals surface area contributed by atoms with E-state index in [0.717, 1.165) is 38.5 Å². The second-order valence-corrected chi connectivity index (χ2v) is 12.1. The van der Waals surface area contributed by atoms with Crippen LogP contribution < -0.4 is 0 Å². The number of rotatable bonds is 30. The Morgan fingerprint density at radius 3 is 0.951 bits per heavy atom. The van der Waals surface area contributed by atoms with Crippen molar-refractivity contribution in [3.8, 4) is 0 Å². The van der Waals surface area contributed by atoms with Crippen molar-refractivity contribution >= 4 is 17.7 Å². The van der Waals surface area contributed by atoms with Gasteiger partial charge in [0.05, 0.1) is 6.61 Å². The molecule has 1 unspecified atom stereocenters. The minimum atomic E-state index is -1.74. The van der Waals surface area contributed by atoms with E-state index in [4.69, 9.17) is 0 Å². The monoisotopic (exact) mass is 582 g/mol. The molecule has 6 nitrogen and oxygen atoms in total. The Bertz CT molecular complexity index is 582. The molecule has 3 amide bonds. The molecular weight excluding hydrogens is 514 g/mol. The van der Waals surface area contributed by atoms with E-state index in [1.54, 1.807) is 0 Å². The molecule has 0 radical (unpaired) electrons. The van der Waals surface area contributed by atoms with Gasteiger partial charge in [0, 0.05) is 12.8 Å². The molecule has 0 rings (SSSR count). The number of hydrogen-bond acceptors (Lipinski definition) is 5. The van der Waals surface area contributed by atoms with Crippen molar-refractivity contribution in [1.82, 2.24) is 4.90 Å². The van der Waals surface area contributed by atoms with Crippen LogP contribution in [0.25, 0.3) is 0 Å². The first kappa shape index (κ1) is 39.7. The van der Waals surface area contributed by atoms with Crippen LogP contribution in [-0.4, -0.2) is 45.5 Å². The van der Waals surface area contributed by atoms with Crippen LogP contribution in [0.1, 0.15) is 194 Å². The maximum Gasteiger partial charge on any atom is 0.267 e. The van der Waals surface area contributed by atoms with Crippen molar-refractivity contribution in [2.24, 2.45) is 0 Å². The first-order chi connectivity index (χ1) is 20.0. The summed E-state index contributed by atoms with van der Waals surface area (Å²) >= 11 is 0. The second-order valence-electron chi connectivity index (χ2n) is 12.1. The van der Waals surface area contributed by atoms with Gasteiger partial charge in [0.25, 0.3) is 5.91 Å². The normalized spacial score (nSPS) is 12.0. The van der Waals surface area contributed by atoms with Gasteiger partial charge in [0.2, 0.25) is 11.8 Å². The molecule has 41 heavy (non-hydrogen) atoms. The molecule has 0 aliphatic rings. The number of hydrogen-bond donors (Lipinski definition) is 2. The van der Waals surface area contributed by atoms with Crippen LogP contribution in [0.3, 0.4) is 0 Å². The van der Waals surface area contributed by atoms with E-state index in [9.17, 15) is 24.6 Å². The highest BCUT2D eigenvalue weighted by molar-refractivity contribution is 6.11. The molecule has 0 aromatic carbocycles. The smallest absolute Gasteiger partial charge is 0.267 e. The average molecular weight is 582 g/mol. The molecule has 1 atom stereocenters. The Kier molecular flexibility index (Phi) is 29.3. The lowest BCUT2D eigenvalue weighted by molar-refractivity contribution is -0.159. The third-order valence-corrected chi connectivity index (χ3v) is 8.17. The fourth-order valence-corrected chi connectivity index (χ4v) is 5.42. The fraction of sp³-hybridized carbons (Fsp3) is 0.914. The molecular formula is C35H67NO5. The molecule has 0 aromatic rings. The average Bonchev–Trinajstić information content (AvgIpc) is 2.97. The van der Waals surface area contributed by atoms with Gasteiger partial charge in [-0.3, -0.25) is 14.4 Å². The fourth-order valence-electron chi connectivity index (χ4n) is 5.42. The molecule has 0 fully saturated rings. The molecule has 0 aliphatic heterocycles. The molecule has 2 N–H and O–H groups in total. The Morgan fingerprint density at radius 1 is 0.463 bits per heavy atom. The summed E-state index contributed by atoms with van der Waals surface area (Å²) in [5, 5.41) is 19.0. The van der Waals surface area contributed by atoms with Crippen LogP contribution in [0.5, 0.6) is 0 Å². The van der Waals surface area contributed by atoms with Crippen LogP contribution in [0.2, 0.25) is 0 Å². The van der Waals surface area contributed by atoms with E-state index in [2.05, 4.69) is 13.8 Å². The van der Waals surface area contributed by atoms with E-state index in [0.29, 0.717) is 17.7 Å². The molecule has 0 saturated carbocycles. The lowest BCUT2D eigenvalue weighted by Gasteiger charge is -2.21. The van der Waals surface area contributed by atoms with Gasteiger partial charge in [0.15, 0.2) is 6.10 Å². The predicted molar refractivity (Wildman–Crippen MR) is 171 cm³/mol. The zero-order chi connectivity index (χ0) is 30.4. The van der Waals surface area contributed by atoms with Gasteiger partial charge in [0.1, 0.15) is 0 Å². The number of carbonyl (C=O) groups excluding carboxylic acids is 3. The Hall–Kier alpha value is -1.27. The van der Waals surface area contributed by atoms with Crippen molar-refractivity contribution in [2.75, 3.05) is 6.61 Å². The molecule has 6 heteroatoms. The van der Waals surface area contributed by atoms with E-state index < -0.39 is 30.4 Å². The number of carbonyl (C=O) groups is 3. The summed E-state index contributed by atoms with van der Waals surface area (Å²) < 4.78 is 0. The van der Waals surface area contributed by atoms with E-state index in [1.807, 2.05) is 0 Å². The summed E-state index contributed by atoms with van der Waals surface area (Å²) in [6.07, 6.45) is 29.6. The number of amides is 3. The Labute approximate surface area is 253 Å². The summed E-state index contributed by atoms with van der Waals surface area (Å²) in [5.41, 5.74) is 0. The Morgan fingerprint density at radius 2 is 0.707 bits per heavy atom. The molecule has 0 saturated heterocycles. The van der Waals surface area contributed by atoms with Crippen molar-refractivity contribution in [1.29, 1.82) is 0 Å². The second kappa shape index (κ2) is 30.2. The standard InChI is InChI=1S/C35H67NO5/c1-3-5-7-9-11-13-15-17-19-21-23-25-27-29-33(39)36(35(41)32(38)31-37)34(40)30-28-26-24-22-20-18-16-14-12-10-8-6-4-2/h32,37-38H,3-31H2,1-2H3. The predicted octanol–water partition coefficient (Wildman–Crippen LogP) is 9.18. The SMILES string of the molecule is CCCCCCCCCCCCCCCC(=O)N(C(=O)CCCCCCCCCCCCCCC)C(=O)C(O)CO. The minimum Gasteiger partial charge on any atom is -0.393 e. The lowest BCUT2D eigenvalue weighted by Crippen LogP contribution is -2.47. The van der Waals surface area contributed by atoms with Crippen molar-refractivity contribution in [3.63, 3.8) is 0 Å². The maximum atomic E-state index is 12.8. The molecule has 0 aromatic heterocycles. The summed E-state index contributed by atoms with van der Waals surface area (Å²) in [6.45, 7) is 3.69. The van der Waals surface area contributed by atoms with Crippen molar-refractivity contribution in [3.05, 3.63) is 0 Å².